The van der Waals surface area contributed by atoms with Crippen LogP contribution in [-0.2, 0) is 11.2 Å². The number of nitrogens with one attached hydrogen (secondary N) is 3. The van der Waals surface area contributed by atoms with E-state index >= 15 is 0 Å². The Labute approximate surface area is 149 Å². The predicted octanol–water partition coefficient (Wildman–Crippen LogP) is 0.963. The van der Waals surface area contributed by atoms with Gasteiger partial charge in [-0.3, -0.25) is 19.8 Å². The molecular formula is C18H18N4O4. The Bertz CT molecular complexity index is 909. The summed E-state index contributed by atoms with van der Waals surface area (Å²) in [4.78, 5) is 51.0. The van der Waals surface area contributed by atoms with E-state index in [-0.39, 0.29) is 5.56 Å². The zero-order valence-corrected chi connectivity index (χ0v) is 14.1. The van der Waals surface area contributed by atoms with Crippen LogP contribution in [0.3, 0.4) is 0 Å². The number of nitrogens with zero attached hydrogens (tertiary/aromatic N) is 1. The van der Waals surface area contributed by atoms with Gasteiger partial charge in [0.15, 0.2) is 0 Å². The number of benzene rings is 1. The first-order valence-electron chi connectivity index (χ1n) is 8.10. The quantitative estimate of drug-likeness (QED) is 0.695. The van der Waals surface area contributed by atoms with E-state index in [0.29, 0.717) is 17.9 Å². The Morgan fingerprint density at radius 2 is 1.85 bits per heavy atom. The summed E-state index contributed by atoms with van der Waals surface area (Å²) >= 11 is 0. The minimum Gasteiger partial charge on any atom is -0.328 e. The minimum atomic E-state index is -1.14. The van der Waals surface area contributed by atoms with E-state index in [1.165, 1.54) is 18.3 Å². The molecule has 2 heterocycles. The van der Waals surface area contributed by atoms with Crippen molar-refractivity contribution in [3.63, 3.8) is 0 Å². The third-order valence-corrected chi connectivity index (χ3v) is 4.29. The van der Waals surface area contributed by atoms with E-state index in [4.69, 9.17) is 0 Å². The molecule has 1 unspecified atom stereocenters. The van der Waals surface area contributed by atoms with Crippen molar-refractivity contribution in [2.75, 3.05) is 0 Å². The molecule has 1 aromatic carbocycles. The molecule has 8 heteroatoms. The Morgan fingerprint density at radius 1 is 1.12 bits per heavy atom. The van der Waals surface area contributed by atoms with Gasteiger partial charge in [-0.15, -0.1) is 0 Å². The lowest BCUT2D eigenvalue weighted by atomic mass is 9.93. The lowest BCUT2D eigenvalue weighted by Gasteiger charge is -2.21. The van der Waals surface area contributed by atoms with E-state index in [9.17, 15) is 19.2 Å². The number of carbonyl (C=O) groups is 3. The lowest BCUT2D eigenvalue weighted by Crippen LogP contribution is -2.49. The van der Waals surface area contributed by atoms with Crippen molar-refractivity contribution >= 4 is 17.8 Å². The second-order valence-electron chi connectivity index (χ2n) is 6.24. The Hall–Kier alpha value is -3.42. The summed E-state index contributed by atoms with van der Waals surface area (Å²) in [6, 6.07) is 11.6. The van der Waals surface area contributed by atoms with Gasteiger partial charge in [0.2, 0.25) is 0 Å². The van der Waals surface area contributed by atoms with Gasteiger partial charge in [0.05, 0.1) is 0 Å². The maximum Gasteiger partial charge on any atom is 0.344 e. The Morgan fingerprint density at radius 3 is 2.54 bits per heavy atom. The number of imide groups is 1. The third-order valence-electron chi connectivity index (χ3n) is 4.29. The van der Waals surface area contributed by atoms with E-state index in [0.717, 1.165) is 5.56 Å². The van der Waals surface area contributed by atoms with Crippen molar-refractivity contribution < 1.29 is 14.4 Å². The molecule has 1 saturated heterocycles. The number of hydrazine groups is 1. The molecule has 1 fully saturated rings. The fraction of sp³-hybridized carbons (Fsp3) is 0.222. The van der Waals surface area contributed by atoms with E-state index in [1.807, 2.05) is 30.3 Å². The number of urea groups is 1. The fourth-order valence-corrected chi connectivity index (χ4v) is 2.76. The highest BCUT2D eigenvalue weighted by atomic mass is 16.2. The smallest absolute Gasteiger partial charge is 0.328 e. The fourth-order valence-electron chi connectivity index (χ4n) is 2.76. The molecule has 0 radical (unpaired) electrons. The maximum absolute atomic E-state index is 12.7. The molecule has 1 atom stereocenters. The standard InChI is InChI=1S/C18H18N4O4/c1-18(10-9-12-6-3-2-4-7-12)16(25)22(17(26)20-18)21-15(24)13-8-5-11-19-14(13)23/h2-8,11H,9-10H2,1H3,(H,19,23)(H,20,26)(H,21,24). The summed E-state index contributed by atoms with van der Waals surface area (Å²) in [5, 5.41) is 3.23. The van der Waals surface area contributed by atoms with Crippen molar-refractivity contribution in [3.05, 3.63) is 70.1 Å². The average Bonchev–Trinajstić information content (AvgIpc) is 2.85. The first-order chi connectivity index (χ1) is 12.4. The molecule has 1 aromatic heterocycles. The van der Waals surface area contributed by atoms with E-state index in [1.54, 1.807) is 6.92 Å². The summed E-state index contributed by atoms with van der Waals surface area (Å²) in [5.41, 5.74) is 1.31. The highest BCUT2D eigenvalue weighted by Gasteiger charge is 2.48. The van der Waals surface area contributed by atoms with Gasteiger partial charge in [0, 0.05) is 6.20 Å². The van der Waals surface area contributed by atoms with Crippen LogP contribution in [0.4, 0.5) is 4.79 Å². The number of hydrogen-bond donors (Lipinski definition) is 3. The van der Waals surface area contributed by atoms with Crippen LogP contribution in [0, 0.1) is 0 Å². The van der Waals surface area contributed by atoms with Gasteiger partial charge < -0.3 is 10.3 Å². The van der Waals surface area contributed by atoms with Crippen LogP contribution in [0.2, 0.25) is 0 Å². The van der Waals surface area contributed by atoms with Gasteiger partial charge in [0.25, 0.3) is 17.4 Å². The van der Waals surface area contributed by atoms with Gasteiger partial charge in [-0.25, -0.2) is 4.79 Å². The Balaban J connectivity index is 1.71. The lowest BCUT2D eigenvalue weighted by molar-refractivity contribution is -0.132. The monoisotopic (exact) mass is 354 g/mol. The number of carbonyl (C=O) groups excluding carboxylic acids is 3. The predicted molar refractivity (Wildman–Crippen MR) is 93.1 cm³/mol. The summed E-state index contributed by atoms with van der Waals surface area (Å²) in [6.45, 7) is 1.61. The van der Waals surface area contributed by atoms with Crippen LogP contribution in [0.25, 0.3) is 0 Å². The molecule has 26 heavy (non-hydrogen) atoms. The van der Waals surface area contributed by atoms with Crippen LogP contribution in [0.1, 0.15) is 29.3 Å². The van der Waals surface area contributed by atoms with Gasteiger partial charge >= 0.3 is 6.03 Å². The molecule has 0 aliphatic carbocycles. The zero-order chi connectivity index (χ0) is 18.7. The molecular weight excluding hydrogens is 336 g/mol. The molecule has 0 bridgehead atoms. The van der Waals surface area contributed by atoms with Crippen molar-refractivity contribution in [1.29, 1.82) is 0 Å². The van der Waals surface area contributed by atoms with Crippen LogP contribution >= 0.6 is 0 Å². The summed E-state index contributed by atoms with van der Waals surface area (Å²) in [7, 11) is 0. The highest BCUT2D eigenvalue weighted by Crippen LogP contribution is 2.22. The van der Waals surface area contributed by atoms with Crippen molar-refractivity contribution in [1.82, 2.24) is 20.7 Å². The summed E-state index contributed by atoms with van der Waals surface area (Å²) in [6.07, 6.45) is 2.34. The summed E-state index contributed by atoms with van der Waals surface area (Å²) < 4.78 is 0. The van der Waals surface area contributed by atoms with Crippen molar-refractivity contribution in [2.45, 2.75) is 25.3 Å². The number of H-pyrrole nitrogens is 1. The number of aromatic amines is 1. The normalized spacial score (nSPS) is 19.3. The van der Waals surface area contributed by atoms with E-state index in [2.05, 4.69) is 15.7 Å². The largest absolute Gasteiger partial charge is 0.344 e. The minimum absolute atomic E-state index is 0.189. The molecule has 0 saturated carbocycles. The molecule has 3 rings (SSSR count). The zero-order valence-electron chi connectivity index (χ0n) is 14.1. The highest BCUT2D eigenvalue weighted by molar-refractivity contribution is 6.09. The van der Waals surface area contributed by atoms with Gasteiger partial charge in [-0.05, 0) is 37.5 Å². The van der Waals surface area contributed by atoms with E-state index < -0.39 is 28.9 Å². The second-order valence-corrected chi connectivity index (χ2v) is 6.24. The average molecular weight is 354 g/mol. The number of aromatic nitrogens is 1. The molecule has 3 N–H and O–H groups in total. The van der Waals surface area contributed by atoms with Crippen LogP contribution in [0.5, 0.6) is 0 Å². The topological polar surface area (TPSA) is 111 Å². The molecule has 1 aliphatic heterocycles. The molecule has 1 aliphatic rings. The maximum atomic E-state index is 12.7. The van der Waals surface area contributed by atoms with Crippen molar-refractivity contribution in [2.24, 2.45) is 0 Å². The first kappa shape index (κ1) is 17.4. The first-order valence-corrected chi connectivity index (χ1v) is 8.10. The SMILES string of the molecule is CC1(CCc2ccccc2)NC(=O)N(NC(=O)c2ccc[nH]c2=O)C1=O. The van der Waals surface area contributed by atoms with Gasteiger partial charge in [0.1, 0.15) is 11.1 Å². The van der Waals surface area contributed by atoms with Crippen LogP contribution < -0.4 is 16.3 Å². The van der Waals surface area contributed by atoms with Crippen LogP contribution in [0.15, 0.2) is 53.5 Å². The Kier molecular flexibility index (Phi) is 4.57. The number of pyridine rings is 1. The van der Waals surface area contributed by atoms with Gasteiger partial charge in [-0.2, -0.15) is 5.01 Å². The van der Waals surface area contributed by atoms with Gasteiger partial charge in [-0.1, -0.05) is 30.3 Å². The molecule has 4 amide bonds. The molecule has 0 spiro atoms. The molecule has 8 nitrogen and oxygen atoms in total. The molecule has 134 valence electrons. The number of rotatable bonds is 5. The van der Waals surface area contributed by atoms with Crippen LogP contribution in [-0.4, -0.2) is 33.4 Å². The third kappa shape index (κ3) is 3.34. The molecule has 2 aromatic rings. The summed E-state index contributed by atoms with van der Waals surface area (Å²) in [5.74, 6) is -1.40. The second kappa shape index (κ2) is 6.83. The number of hydrogen-bond acceptors (Lipinski definition) is 4. The van der Waals surface area contributed by atoms with Crippen molar-refractivity contribution in [3.8, 4) is 0 Å². The number of aryl methyl sites for hydroxylation is 1. The number of amides is 4.